The smallest absolute Gasteiger partial charge is 0.364 e. The summed E-state index contributed by atoms with van der Waals surface area (Å²) in [5.74, 6) is -5.74. The zero-order chi connectivity index (χ0) is 32.4. The number of amides is 1. The van der Waals surface area contributed by atoms with Crippen molar-refractivity contribution in [2.24, 2.45) is 0 Å². The summed E-state index contributed by atoms with van der Waals surface area (Å²) in [6.45, 7) is -1.85. The summed E-state index contributed by atoms with van der Waals surface area (Å²) in [5.41, 5.74) is 0. The maximum absolute atomic E-state index is 12.5. The number of aliphatic hydroxyl groups excluding tert-OH is 11. The lowest BCUT2D eigenvalue weighted by Crippen LogP contribution is -2.70. The van der Waals surface area contributed by atoms with Crippen molar-refractivity contribution in [2.75, 3.05) is 19.8 Å². The minimum absolute atomic E-state index is 0.749. The van der Waals surface area contributed by atoms with E-state index in [0.29, 0.717) is 0 Å². The van der Waals surface area contributed by atoms with Gasteiger partial charge in [0, 0.05) is 13.3 Å². The van der Waals surface area contributed by atoms with Crippen LogP contribution in [0.1, 0.15) is 13.3 Å². The summed E-state index contributed by atoms with van der Waals surface area (Å²) in [6, 6.07) is -1.54. The van der Waals surface area contributed by atoms with Crippen LogP contribution in [0.4, 0.5) is 0 Å². The van der Waals surface area contributed by atoms with Crippen LogP contribution in [-0.2, 0) is 33.3 Å². The Morgan fingerprint density at radius 2 is 1.53 bits per heavy atom. The van der Waals surface area contributed by atoms with Crippen LogP contribution in [0, 0.1) is 0 Å². The molecule has 3 rings (SSSR count). The normalized spacial score (nSPS) is 45.3. The number of aliphatic hydroxyl groups is 11. The monoisotopic (exact) mass is 633 g/mol. The molecule has 0 aliphatic carbocycles. The second-order valence-electron chi connectivity index (χ2n) is 10.5. The first kappa shape index (κ1) is 35.8. The van der Waals surface area contributed by atoms with E-state index in [1.165, 1.54) is 0 Å². The quantitative estimate of drug-likeness (QED) is 0.100. The molecule has 0 saturated carbocycles. The molecule has 0 aromatic carbocycles. The van der Waals surface area contributed by atoms with Crippen molar-refractivity contribution in [1.82, 2.24) is 5.32 Å². The lowest BCUT2D eigenvalue weighted by Gasteiger charge is -2.50. The van der Waals surface area contributed by atoms with E-state index in [9.17, 15) is 70.9 Å². The largest absolute Gasteiger partial charge is 0.477 e. The Bertz CT molecular complexity index is 942. The van der Waals surface area contributed by atoms with E-state index in [1.54, 1.807) is 0 Å². The molecule has 20 nitrogen and oxygen atoms in total. The van der Waals surface area contributed by atoms with Gasteiger partial charge in [-0.15, -0.1) is 0 Å². The average Bonchev–Trinajstić information content (AvgIpc) is 2.96. The van der Waals surface area contributed by atoms with E-state index in [4.69, 9.17) is 23.7 Å². The molecule has 0 aromatic rings. The Morgan fingerprint density at radius 1 is 0.907 bits per heavy atom. The number of carbonyl (C=O) groups excluding carboxylic acids is 1. The molecule has 0 spiro atoms. The number of carboxylic acids is 1. The van der Waals surface area contributed by atoms with Crippen molar-refractivity contribution >= 4 is 11.9 Å². The van der Waals surface area contributed by atoms with Crippen LogP contribution in [0.3, 0.4) is 0 Å². The third-order valence-electron chi connectivity index (χ3n) is 7.47. The lowest BCUT2D eigenvalue weighted by molar-refractivity contribution is -0.385. The molecule has 3 fully saturated rings. The van der Waals surface area contributed by atoms with Crippen LogP contribution in [0.2, 0.25) is 0 Å². The number of hydrogen-bond acceptors (Lipinski definition) is 18. The zero-order valence-corrected chi connectivity index (χ0v) is 22.7. The van der Waals surface area contributed by atoms with Crippen LogP contribution < -0.4 is 5.32 Å². The Balaban J connectivity index is 1.94. The maximum Gasteiger partial charge on any atom is 0.364 e. The number of hydrogen-bond donors (Lipinski definition) is 13. The predicted molar refractivity (Wildman–Crippen MR) is 130 cm³/mol. The minimum Gasteiger partial charge on any atom is -0.477 e. The van der Waals surface area contributed by atoms with E-state index in [1.807, 2.05) is 0 Å². The van der Waals surface area contributed by atoms with Gasteiger partial charge in [-0.3, -0.25) is 4.79 Å². The third-order valence-corrected chi connectivity index (χ3v) is 7.47. The zero-order valence-electron chi connectivity index (χ0n) is 22.7. The Labute approximate surface area is 243 Å². The van der Waals surface area contributed by atoms with Crippen LogP contribution in [-0.4, -0.2) is 191 Å². The van der Waals surface area contributed by atoms with Gasteiger partial charge in [0.15, 0.2) is 12.6 Å². The fourth-order valence-electron chi connectivity index (χ4n) is 5.16. The van der Waals surface area contributed by atoms with Gasteiger partial charge in [-0.1, -0.05) is 0 Å². The second kappa shape index (κ2) is 14.6. The summed E-state index contributed by atoms with van der Waals surface area (Å²) in [4.78, 5) is 24.3. The van der Waals surface area contributed by atoms with Gasteiger partial charge in [-0.25, -0.2) is 4.79 Å². The Hall–Kier alpha value is -1.70. The van der Waals surface area contributed by atoms with Gasteiger partial charge in [0.1, 0.15) is 67.1 Å². The third kappa shape index (κ3) is 7.41. The highest BCUT2D eigenvalue weighted by Crippen LogP contribution is 2.38. The number of aliphatic carboxylic acids is 1. The number of ether oxygens (including phenoxy) is 5. The second-order valence-corrected chi connectivity index (χ2v) is 10.5. The molecule has 1 unspecified atom stereocenters. The van der Waals surface area contributed by atoms with Crippen molar-refractivity contribution < 1.29 is 94.6 Å². The molecule has 3 aliphatic heterocycles. The maximum atomic E-state index is 12.5. The van der Waals surface area contributed by atoms with E-state index in [-0.39, 0.29) is 0 Å². The standard InChI is InChI=1S/C23H39NO19/c1-6(28)24-11-7(29)2-23(22(37)38,42-18(11)12(31)8(30)3-25)43-19-13(32)9(4-26)40-21(16(19)35)41-17-10(5-27)39-20(36)15(34)14(17)33/h7-21,25-27,29-36H,2-5H2,1H3,(H,24,28)(H,37,38)/t7-,8+,9+,10+,11+,12+,13-,14+,15+,16+,17+,18-,19-,20?,21-,23-/m0/s1. The number of nitrogens with one attached hydrogen (secondary N) is 1. The highest BCUT2D eigenvalue weighted by atomic mass is 16.8. The van der Waals surface area contributed by atoms with Gasteiger partial charge >= 0.3 is 5.97 Å². The molecule has 3 heterocycles. The summed E-state index contributed by atoms with van der Waals surface area (Å²) in [5, 5.41) is 124. The first-order valence-corrected chi connectivity index (χ1v) is 13.2. The molecule has 0 aromatic heterocycles. The molecule has 20 heteroatoms. The lowest BCUT2D eigenvalue weighted by atomic mass is 9.88. The fourth-order valence-corrected chi connectivity index (χ4v) is 5.16. The highest BCUT2D eigenvalue weighted by Gasteiger charge is 2.60. The summed E-state index contributed by atoms with van der Waals surface area (Å²) in [7, 11) is 0. The van der Waals surface area contributed by atoms with E-state index in [2.05, 4.69) is 5.32 Å². The van der Waals surface area contributed by atoms with Crippen molar-refractivity contribution in [3.8, 4) is 0 Å². The van der Waals surface area contributed by atoms with Crippen molar-refractivity contribution in [1.29, 1.82) is 0 Å². The number of rotatable bonds is 11. The molecule has 0 bridgehead atoms. The molecule has 250 valence electrons. The molecule has 13 N–H and O–H groups in total. The molecule has 43 heavy (non-hydrogen) atoms. The topological polar surface area (TPSA) is 335 Å². The van der Waals surface area contributed by atoms with E-state index in [0.717, 1.165) is 6.92 Å². The van der Waals surface area contributed by atoms with Crippen LogP contribution in [0.25, 0.3) is 0 Å². The van der Waals surface area contributed by atoms with E-state index < -0.39 is 136 Å². The number of carboxylic acid groups (broad SMARTS) is 1. The first-order valence-electron chi connectivity index (χ1n) is 13.2. The van der Waals surface area contributed by atoms with Crippen LogP contribution in [0.15, 0.2) is 0 Å². The van der Waals surface area contributed by atoms with Crippen molar-refractivity contribution in [3.05, 3.63) is 0 Å². The SMILES string of the molecule is CC(=O)N[C@H]1[C@@H]([C@H](O)[C@H](O)CO)O[C@@](O[C@H]2[C@@H](O)[C@@H](CO)O[C@@H](O[C@H]3[C@H](O)[C@@H](O)C(O)O[C@@H]3CO)[C@@H]2O)(C(=O)O)C[C@@H]1O. The summed E-state index contributed by atoms with van der Waals surface area (Å²) >= 11 is 0. The van der Waals surface area contributed by atoms with Crippen LogP contribution >= 0.6 is 0 Å². The Morgan fingerprint density at radius 3 is 2.07 bits per heavy atom. The molecule has 3 saturated heterocycles. The number of carbonyl (C=O) groups is 2. The minimum atomic E-state index is -3.02. The average molecular weight is 634 g/mol. The first-order chi connectivity index (χ1) is 20.1. The fraction of sp³-hybridized carbons (Fsp3) is 0.913. The van der Waals surface area contributed by atoms with Crippen molar-refractivity contribution in [2.45, 2.75) is 111 Å². The molecular formula is C23H39NO19. The molecular weight excluding hydrogens is 594 g/mol. The molecule has 16 atom stereocenters. The molecule has 1 amide bonds. The van der Waals surface area contributed by atoms with Gasteiger partial charge in [0.25, 0.3) is 5.79 Å². The van der Waals surface area contributed by atoms with Gasteiger partial charge < -0.3 is 90.3 Å². The van der Waals surface area contributed by atoms with Gasteiger partial charge in [0.2, 0.25) is 5.91 Å². The molecule has 3 aliphatic rings. The Kier molecular flexibility index (Phi) is 12.1. The van der Waals surface area contributed by atoms with Crippen LogP contribution in [0.5, 0.6) is 0 Å². The summed E-state index contributed by atoms with van der Waals surface area (Å²) < 4.78 is 26.8. The van der Waals surface area contributed by atoms with Gasteiger partial charge in [-0.2, -0.15) is 0 Å². The van der Waals surface area contributed by atoms with Gasteiger partial charge in [0.05, 0.1) is 32.0 Å². The van der Waals surface area contributed by atoms with Gasteiger partial charge in [-0.05, 0) is 0 Å². The van der Waals surface area contributed by atoms with Crippen molar-refractivity contribution in [3.63, 3.8) is 0 Å². The summed E-state index contributed by atoms with van der Waals surface area (Å²) in [6.07, 6.45) is -27.8. The molecule has 0 radical (unpaired) electrons. The highest BCUT2D eigenvalue weighted by molar-refractivity contribution is 5.76. The predicted octanol–water partition coefficient (Wildman–Crippen LogP) is -8.22. The van der Waals surface area contributed by atoms with E-state index >= 15 is 0 Å².